The molecule has 5 N–H and O–H groups in total. The number of para-hydroxylation sites is 1. The van der Waals surface area contributed by atoms with Crippen molar-refractivity contribution in [1.29, 1.82) is 0 Å². The van der Waals surface area contributed by atoms with Crippen LogP contribution in [0, 0.1) is 0 Å². The average Bonchev–Trinajstić information content (AvgIpc) is 3.14. The van der Waals surface area contributed by atoms with Crippen LogP contribution < -0.4 is 21.1 Å². The molecule has 1 aromatic carbocycles. The highest BCUT2D eigenvalue weighted by molar-refractivity contribution is 6.32. The quantitative estimate of drug-likeness (QED) is 0.442. The summed E-state index contributed by atoms with van der Waals surface area (Å²) < 4.78 is 10.7. The number of H-pyrrole nitrogens is 1. The van der Waals surface area contributed by atoms with E-state index in [-0.39, 0.29) is 17.8 Å². The number of aromatic nitrogens is 3. The number of ether oxygens (including phenoxy) is 2. The lowest BCUT2D eigenvalue weighted by Gasteiger charge is -2.23. The Morgan fingerprint density at radius 1 is 1.32 bits per heavy atom. The van der Waals surface area contributed by atoms with E-state index in [1.54, 1.807) is 38.6 Å². The van der Waals surface area contributed by atoms with Crippen molar-refractivity contribution in [3.63, 3.8) is 0 Å². The summed E-state index contributed by atoms with van der Waals surface area (Å²) in [5, 5.41) is 6.75. The van der Waals surface area contributed by atoms with Gasteiger partial charge in [0.15, 0.2) is 5.75 Å². The predicted octanol–water partition coefficient (Wildman–Crippen LogP) is 3.32. The second-order valence-electron chi connectivity index (χ2n) is 7.10. The van der Waals surface area contributed by atoms with E-state index in [4.69, 9.17) is 26.8 Å². The minimum absolute atomic E-state index is 0.0578. The molecule has 10 heteroatoms. The molecular formula is C21H23ClN6O3. The Hall–Kier alpha value is -3.30. The van der Waals surface area contributed by atoms with Gasteiger partial charge >= 0.3 is 0 Å². The summed E-state index contributed by atoms with van der Waals surface area (Å²) in [7, 11) is 3.20. The van der Waals surface area contributed by atoms with Crippen molar-refractivity contribution in [3.05, 3.63) is 46.7 Å². The van der Waals surface area contributed by atoms with Gasteiger partial charge in [0.05, 0.1) is 40.5 Å². The maximum atomic E-state index is 12.9. The number of methoxy groups -OCH3 is 2. The largest absolute Gasteiger partial charge is 0.493 e. The van der Waals surface area contributed by atoms with Crippen LogP contribution in [-0.4, -0.2) is 48.2 Å². The molecule has 0 bridgehead atoms. The molecule has 0 unspecified atom stereocenters. The maximum absolute atomic E-state index is 12.9. The van der Waals surface area contributed by atoms with E-state index in [0.717, 1.165) is 12.1 Å². The van der Waals surface area contributed by atoms with E-state index in [1.807, 2.05) is 6.07 Å². The number of nitrogens with zero attached hydrogens (tertiary/aromatic N) is 2. The normalized spacial score (nSPS) is 15.3. The van der Waals surface area contributed by atoms with E-state index >= 15 is 0 Å². The zero-order valence-corrected chi connectivity index (χ0v) is 17.9. The summed E-state index contributed by atoms with van der Waals surface area (Å²) in [5.41, 5.74) is 9.51. The summed E-state index contributed by atoms with van der Waals surface area (Å²) in [4.78, 5) is 24.7. The number of rotatable bonds is 7. The standard InChI is InChI=1S/C21H23ClN6O3/c1-30-9-7-11-10-25-20(29)15-16(11)28-17(13-6-8-24-21(23)27-13)18(15)26-14-5-3-4-12(22)19(14)31-2/h3-6,8,11,26,28H,7,9-10H2,1-2H3,(H,25,29)(H2,23,24,27)/t11-/m1/s1. The van der Waals surface area contributed by atoms with E-state index < -0.39 is 0 Å². The number of nitrogens with two attached hydrogens (primary N) is 1. The second kappa shape index (κ2) is 8.83. The Kier molecular flexibility index (Phi) is 5.97. The monoisotopic (exact) mass is 442 g/mol. The Bertz CT molecular complexity index is 1120. The number of fused-ring (bicyclic) bond motifs is 1. The molecule has 0 saturated heterocycles. The zero-order chi connectivity index (χ0) is 22.0. The van der Waals surface area contributed by atoms with Gasteiger partial charge in [-0.2, -0.15) is 0 Å². The highest BCUT2D eigenvalue weighted by Crippen LogP contribution is 2.42. The van der Waals surface area contributed by atoms with Crippen molar-refractivity contribution in [2.24, 2.45) is 0 Å². The van der Waals surface area contributed by atoms with Crippen LogP contribution in [-0.2, 0) is 4.74 Å². The number of amides is 1. The highest BCUT2D eigenvalue weighted by atomic mass is 35.5. The van der Waals surface area contributed by atoms with Crippen molar-refractivity contribution in [1.82, 2.24) is 20.3 Å². The Morgan fingerprint density at radius 2 is 2.16 bits per heavy atom. The molecule has 0 saturated carbocycles. The Balaban J connectivity index is 1.89. The van der Waals surface area contributed by atoms with E-state index in [0.29, 0.717) is 52.2 Å². The fourth-order valence-electron chi connectivity index (χ4n) is 3.75. The number of aromatic amines is 1. The molecule has 1 amide bonds. The van der Waals surface area contributed by atoms with E-state index in [9.17, 15) is 4.79 Å². The maximum Gasteiger partial charge on any atom is 0.255 e. The summed E-state index contributed by atoms with van der Waals surface area (Å²) in [6.07, 6.45) is 2.32. The average molecular weight is 443 g/mol. The summed E-state index contributed by atoms with van der Waals surface area (Å²) in [5.74, 6) is 0.482. The molecule has 0 aliphatic carbocycles. The minimum atomic E-state index is -0.184. The van der Waals surface area contributed by atoms with Gasteiger partial charge < -0.3 is 30.8 Å². The predicted molar refractivity (Wildman–Crippen MR) is 119 cm³/mol. The van der Waals surface area contributed by atoms with Crippen LogP contribution in [0.15, 0.2) is 30.5 Å². The summed E-state index contributed by atoms with van der Waals surface area (Å²) >= 11 is 6.30. The van der Waals surface area contributed by atoms with Gasteiger partial charge in [0.2, 0.25) is 5.95 Å². The van der Waals surface area contributed by atoms with Gasteiger partial charge in [0.25, 0.3) is 5.91 Å². The lowest BCUT2D eigenvalue weighted by atomic mass is 9.94. The van der Waals surface area contributed by atoms with Gasteiger partial charge in [-0.15, -0.1) is 0 Å². The minimum Gasteiger partial charge on any atom is -0.493 e. The molecule has 3 heterocycles. The molecule has 162 valence electrons. The molecule has 0 radical (unpaired) electrons. The van der Waals surface area contributed by atoms with Crippen LogP contribution in [0.25, 0.3) is 11.4 Å². The molecule has 1 aliphatic rings. The smallest absolute Gasteiger partial charge is 0.255 e. The highest BCUT2D eigenvalue weighted by Gasteiger charge is 2.33. The van der Waals surface area contributed by atoms with Crippen LogP contribution in [0.3, 0.4) is 0 Å². The number of nitrogens with one attached hydrogen (secondary N) is 3. The SMILES string of the molecule is COCC[C@@H]1CNC(=O)c2c1[nH]c(-c1ccnc(N)n1)c2Nc1cccc(Cl)c1OC. The van der Waals surface area contributed by atoms with Crippen LogP contribution in [0.4, 0.5) is 17.3 Å². The molecule has 2 aromatic heterocycles. The van der Waals surface area contributed by atoms with Crippen LogP contribution in [0.5, 0.6) is 5.75 Å². The first kappa shape index (κ1) is 21.0. The van der Waals surface area contributed by atoms with E-state index in [2.05, 4.69) is 25.6 Å². The second-order valence-corrected chi connectivity index (χ2v) is 7.51. The molecule has 3 aromatic rings. The van der Waals surface area contributed by atoms with Crippen molar-refractivity contribution in [2.45, 2.75) is 12.3 Å². The van der Waals surface area contributed by atoms with Crippen molar-refractivity contribution < 1.29 is 14.3 Å². The third kappa shape index (κ3) is 4.01. The number of benzene rings is 1. The zero-order valence-electron chi connectivity index (χ0n) is 17.2. The first-order valence-electron chi connectivity index (χ1n) is 9.74. The topological polar surface area (TPSA) is 127 Å². The number of nitrogen functional groups attached to an aromatic ring is 1. The fraction of sp³-hybridized carbons (Fsp3) is 0.286. The number of hydrogen-bond donors (Lipinski definition) is 4. The summed E-state index contributed by atoms with van der Waals surface area (Å²) in [6, 6.07) is 7.09. The van der Waals surface area contributed by atoms with Crippen LogP contribution >= 0.6 is 11.6 Å². The number of anilines is 3. The van der Waals surface area contributed by atoms with Crippen molar-refractivity contribution in [3.8, 4) is 17.1 Å². The lowest BCUT2D eigenvalue weighted by Crippen LogP contribution is -2.35. The van der Waals surface area contributed by atoms with Crippen molar-refractivity contribution >= 4 is 34.8 Å². The van der Waals surface area contributed by atoms with Crippen molar-refractivity contribution in [2.75, 3.05) is 38.4 Å². The number of halogens is 1. The Labute approximate surface area is 184 Å². The van der Waals surface area contributed by atoms with Crippen LogP contribution in [0.1, 0.15) is 28.4 Å². The fourth-order valence-corrected chi connectivity index (χ4v) is 4.01. The first-order valence-corrected chi connectivity index (χ1v) is 10.1. The van der Waals surface area contributed by atoms with Gasteiger partial charge in [-0.3, -0.25) is 4.79 Å². The molecule has 1 aliphatic heterocycles. The van der Waals surface area contributed by atoms with Gasteiger partial charge in [0.1, 0.15) is 0 Å². The van der Waals surface area contributed by atoms with Crippen LogP contribution in [0.2, 0.25) is 5.02 Å². The van der Waals surface area contributed by atoms with Gasteiger partial charge in [-0.25, -0.2) is 9.97 Å². The molecule has 0 fully saturated rings. The van der Waals surface area contributed by atoms with Gasteiger partial charge in [-0.05, 0) is 24.6 Å². The number of carbonyl (C=O) groups excluding carboxylic acids is 1. The van der Waals surface area contributed by atoms with Gasteiger partial charge in [0, 0.05) is 38.1 Å². The molecule has 1 atom stereocenters. The molecule has 0 spiro atoms. The third-order valence-corrected chi connectivity index (χ3v) is 5.50. The summed E-state index contributed by atoms with van der Waals surface area (Å²) in [6.45, 7) is 1.08. The Morgan fingerprint density at radius 3 is 2.90 bits per heavy atom. The first-order chi connectivity index (χ1) is 15.0. The number of carbonyl (C=O) groups is 1. The molecule has 9 nitrogen and oxygen atoms in total. The van der Waals surface area contributed by atoms with E-state index in [1.165, 1.54) is 0 Å². The lowest BCUT2D eigenvalue weighted by molar-refractivity contribution is 0.0935. The van der Waals surface area contributed by atoms with Gasteiger partial charge in [-0.1, -0.05) is 17.7 Å². The number of hydrogen-bond acceptors (Lipinski definition) is 7. The third-order valence-electron chi connectivity index (χ3n) is 5.20. The molecular weight excluding hydrogens is 420 g/mol. The molecule has 4 rings (SSSR count). The molecule has 31 heavy (non-hydrogen) atoms.